The number of benzene rings is 2. The number of nitrogens with one attached hydrogen (secondary N) is 1. The van der Waals surface area contributed by atoms with Crippen LogP contribution in [0.3, 0.4) is 0 Å². The molecule has 1 fully saturated rings. The molecule has 5 nitrogen and oxygen atoms in total. The van der Waals surface area contributed by atoms with Crippen LogP contribution in [0, 0.1) is 0 Å². The summed E-state index contributed by atoms with van der Waals surface area (Å²) < 4.78 is 5.53. The molecule has 0 aromatic heterocycles. The third kappa shape index (κ3) is 5.35. The second-order valence-electron chi connectivity index (χ2n) is 7.06. The van der Waals surface area contributed by atoms with Crippen LogP contribution in [0.15, 0.2) is 48.5 Å². The summed E-state index contributed by atoms with van der Waals surface area (Å²) in [7, 11) is 0. The van der Waals surface area contributed by atoms with E-state index in [0.717, 1.165) is 36.6 Å². The molecule has 0 spiro atoms. The fraction of sp³-hybridized carbons (Fsp3) is 0.391. The van der Waals surface area contributed by atoms with E-state index in [1.54, 1.807) is 24.3 Å². The van der Waals surface area contributed by atoms with Crippen LogP contribution in [0.1, 0.15) is 49.4 Å². The number of anilines is 2. The molecule has 0 saturated carbocycles. The summed E-state index contributed by atoms with van der Waals surface area (Å²) in [5, 5.41) is 2.97. The lowest BCUT2D eigenvalue weighted by Gasteiger charge is -2.21. The van der Waals surface area contributed by atoms with Crippen LogP contribution < -0.4 is 15.0 Å². The predicted molar refractivity (Wildman–Crippen MR) is 112 cm³/mol. The van der Waals surface area contributed by atoms with Crippen molar-refractivity contribution in [2.75, 3.05) is 29.9 Å². The molecular formula is C23H28N2O3. The zero-order valence-electron chi connectivity index (χ0n) is 16.4. The first-order valence-electron chi connectivity index (χ1n) is 10.1. The van der Waals surface area contributed by atoms with Gasteiger partial charge in [-0.3, -0.25) is 9.59 Å². The summed E-state index contributed by atoms with van der Waals surface area (Å²) in [5.41, 5.74) is 2.48. The molecule has 1 aliphatic heterocycles. The Labute approximate surface area is 166 Å². The van der Waals surface area contributed by atoms with E-state index in [-0.39, 0.29) is 24.5 Å². The zero-order chi connectivity index (χ0) is 19.8. The van der Waals surface area contributed by atoms with E-state index in [1.807, 2.05) is 31.2 Å². The number of amides is 1. The van der Waals surface area contributed by atoms with Crippen LogP contribution in [0.25, 0.3) is 0 Å². The summed E-state index contributed by atoms with van der Waals surface area (Å²) >= 11 is 0. The van der Waals surface area contributed by atoms with Crippen LogP contribution in [0.4, 0.5) is 11.4 Å². The molecule has 2 aromatic rings. The lowest BCUT2D eigenvalue weighted by molar-refractivity contribution is -0.116. The third-order valence-corrected chi connectivity index (χ3v) is 4.85. The summed E-state index contributed by atoms with van der Waals surface area (Å²) in [6.45, 7) is 4.74. The number of ketones is 1. The number of carbonyl (C=O) groups excluding carboxylic acids is 2. The molecule has 0 unspecified atom stereocenters. The lowest BCUT2D eigenvalue weighted by atomic mass is 10.1. The van der Waals surface area contributed by atoms with Crippen molar-refractivity contribution in [2.45, 2.75) is 39.0 Å². The fourth-order valence-electron chi connectivity index (χ4n) is 3.35. The monoisotopic (exact) mass is 380 g/mol. The Morgan fingerprint density at radius 2 is 1.71 bits per heavy atom. The molecular weight excluding hydrogens is 352 g/mol. The van der Waals surface area contributed by atoms with E-state index in [1.165, 1.54) is 12.8 Å². The molecule has 148 valence electrons. The Balaban J connectivity index is 1.52. The maximum absolute atomic E-state index is 12.4. The van der Waals surface area contributed by atoms with Gasteiger partial charge in [0.2, 0.25) is 5.91 Å². The molecule has 1 heterocycles. The van der Waals surface area contributed by atoms with Crippen LogP contribution in [-0.4, -0.2) is 31.4 Å². The fourth-order valence-corrected chi connectivity index (χ4v) is 3.35. The number of ether oxygens (including phenoxy) is 1. The second kappa shape index (κ2) is 9.93. The number of rotatable bonds is 9. The van der Waals surface area contributed by atoms with Gasteiger partial charge >= 0.3 is 0 Å². The molecule has 0 bridgehead atoms. The smallest absolute Gasteiger partial charge is 0.224 e. The first kappa shape index (κ1) is 19.9. The molecule has 3 rings (SSSR count). The predicted octanol–water partition coefficient (Wildman–Crippen LogP) is 4.68. The Morgan fingerprint density at radius 1 is 1.00 bits per heavy atom. The van der Waals surface area contributed by atoms with Gasteiger partial charge in [0.25, 0.3) is 0 Å². The highest BCUT2D eigenvalue weighted by molar-refractivity contribution is 6.01. The standard InChI is InChI=1S/C23H28N2O3/c1-2-17-28-19-11-9-18(10-12-19)22(26)13-14-23(27)24-20-7-3-4-8-21(20)25-15-5-6-16-25/h3-4,7-12H,2,5-6,13-17H2,1H3,(H,24,27). The first-order valence-corrected chi connectivity index (χ1v) is 10.1. The van der Waals surface area contributed by atoms with Gasteiger partial charge in [0.15, 0.2) is 5.78 Å². The minimum atomic E-state index is -0.136. The number of Topliss-reactive ketones (excluding diaryl/α,β-unsaturated/α-hetero) is 1. The van der Waals surface area contributed by atoms with Crippen molar-refractivity contribution in [3.05, 3.63) is 54.1 Å². The topological polar surface area (TPSA) is 58.6 Å². The van der Waals surface area contributed by atoms with Gasteiger partial charge in [-0.15, -0.1) is 0 Å². The van der Waals surface area contributed by atoms with Gasteiger partial charge in [0, 0.05) is 31.5 Å². The largest absolute Gasteiger partial charge is 0.494 e. The Bertz CT molecular complexity index is 796. The molecule has 2 aromatic carbocycles. The van der Waals surface area contributed by atoms with Crippen LogP contribution in [0.5, 0.6) is 5.75 Å². The molecule has 1 aliphatic rings. The first-order chi connectivity index (χ1) is 13.7. The minimum Gasteiger partial charge on any atom is -0.494 e. The molecule has 0 aliphatic carbocycles. The highest BCUT2D eigenvalue weighted by atomic mass is 16.5. The van der Waals surface area contributed by atoms with Crippen molar-refractivity contribution < 1.29 is 14.3 Å². The highest BCUT2D eigenvalue weighted by Crippen LogP contribution is 2.28. The minimum absolute atomic E-state index is 0.0370. The Hall–Kier alpha value is -2.82. The van der Waals surface area contributed by atoms with Gasteiger partial charge in [-0.2, -0.15) is 0 Å². The summed E-state index contributed by atoms with van der Waals surface area (Å²) in [5.74, 6) is 0.586. The van der Waals surface area contributed by atoms with Crippen molar-refractivity contribution in [1.29, 1.82) is 0 Å². The van der Waals surface area contributed by atoms with Gasteiger partial charge in [-0.1, -0.05) is 19.1 Å². The summed E-state index contributed by atoms with van der Waals surface area (Å²) in [6, 6.07) is 15.0. The van der Waals surface area contributed by atoms with E-state index >= 15 is 0 Å². The normalized spacial score (nSPS) is 13.4. The van der Waals surface area contributed by atoms with Crippen molar-refractivity contribution in [3.63, 3.8) is 0 Å². The van der Waals surface area contributed by atoms with Gasteiger partial charge in [-0.05, 0) is 55.7 Å². The summed E-state index contributed by atoms with van der Waals surface area (Å²) in [6.07, 6.45) is 3.66. The van der Waals surface area contributed by atoms with Crippen LogP contribution >= 0.6 is 0 Å². The Kier molecular flexibility index (Phi) is 7.06. The molecule has 1 amide bonds. The van der Waals surface area contributed by atoms with E-state index in [0.29, 0.717) is 12.2 Å². The SMILES string of the molecule is CCCOc1ccc(C(=O)CCC(=O)Nc2ccccc2N2CCCC2)cc1. The molecule has 5 heteroatoms. The summed E-state index contributed by atoms with van der Waals surface area (Å²) in [4.78, 5) is 27.1. The number of hydrogen-bond donors (Lipinski definition) is 1. The Morgan fingerprint density at radius 3 is 2.43 bits per heavy atom. The highest BCUT2D eigenvalue weighted by Gasteiger charge is 2.17. The van der Waals surface area contributed by atoms with Crippen molar-refractivity contribution in [1.82, 2.24) is 0 Å². The number of hydrogen-bond acceptors (Lipinski definition) is 4. The average molecular weight is 380 g/mol. The quantitative estimate of drug-likeness (QED) is 0.642. The third-order valence-electron chi connectivity index (χ3n) is 4.85. The van der Waals surface area contributed by atoms with Gasteiger partial charge < -0.3 is 15.0 Å². The lowest BCUT2D eigenvalue weighted by Crippen LogP contribution is -2.21. The number of carbonyl (C=O) groups is 2. The zero-order valence-corrected chi connectivity index (χ0v) is 16.4. The molecule has 1 N–H and O–H groups in total. The van der Waals surface area contributed by atoms with Crippen molar-refractivity contribution >= 4 is 23.1 Å². The maximum Gasteiger partial charge on any atom is 0.224 e. The van der Waals surface area contributed by atoms with E-state index in [4.69, 9.17) is 4.74 Å². The van der Waals surface area contributed by atoms with Gasteiger partial charge in [0.1, 0.15) is 5.75 Å². The van der Waals surface area contributed by atoms with Crippen molar-refractivity contribution in [3.8, 4) is 5.75 Å². The number of nitrogens with zero attached hydrogens (tertiary/aromatic N) is 1. The maximum atomic E-state index is 12.4. The molecule has 0 atom stereocenters. The molecule has 0 radical (unpaired) electrons. The van der Waals surface area contributed by atoms with Gasteiger partial charge in [-0.25, -0.2) is 0 Å². The molecule has 28 heavy (non-hydrogen) atoms. The van der Waals surface area contributed by atoms with E-state index < -0.39 is 0 Å². The van der Waals surface area contributed by atoms with Crippen molar-refractivity contribution in [2.24, 2.45) is 0 Å². The van der Waals surface area contributed by atoms with Crippen LogP contribution in [0.2, 0.25) is 0 Å². The van der Waals surface area contributed by atoms with E-state index in [9.17, 15) is 9.59 Å². The van der Waals surface area contributed by atoms with E-state index in [2.05, 4.69) is 10.2 Å². The second-order valence-corrected chi connectivity index (χ2v) is 7.06. The van der Waals surface area contributed by atoms with Crippen LogP contribution in [-0.2, 0) is 4.79 Å². The number of para-hydroxylation sites is 2. The van der Waals surface area contributed by atoms with Gasteiger partial charge in [0.05, 0.1) is 18.0 Å². The average Bonchev–Trinajstić information content (AvgIpc) is 3.26. The molecule has 1 saturated heterocycles.